The molecule has 5 heteroatoms. The first-order valence-electron chi connectivity index (χ1n) is 9.09. The average Bonchev–Trinajstić information content (AvgIpc) is 2.65. The molecule has 0 heterocycles. The standard InChI is InChI=1S/C22H25NO4/c1-3-16-8-10-17(11-9-16)20(24)12-13-21(25)23-19(14-22(26)27)18-7-5-4-6-15(18)2/h4-11,19H,3,12-14H2,1-2H3,(H,23,25)(H,26,27). The lowest BCUT2D eigenvalue weighted by molar-refractivity contribution is -0.137. The van der Waals surface area contributed by atoms with E-state index < -0.39 is 12.0 Å². The Hall–Kier alpha value is -2.95. The molecule has 2 aromatic rings. The van der Waals surface area contributed by atoms with Gasteiger partial charge in [-0.3, -0.25) is 14.4 Å². The Morgan fingerprint density at radius 3 is 2.26 bits per heavy atom. The van der Waals surface area contributed by atoms with Crippen LogP contribution < -0.4 is 5.32 Å². The number of aryl methyl sites for hydroxylation is 2. The van der Waals surface area contributed by atoms with Gasteiger partial charge >= 0.3 is 5.97 Å². The predicted molar refractivity (Wildman–Crippen MR) is 104 cm³/mol. The van der Waals surface area contributed by atoms with Gasteiger partial charge in [0.1, 0.15) is 0 Å². The smallest absolute Gasteiger partial charge is 0.305 e. The van der Waals surface area contributed by atoms with E-state index in [2.05, 4.69) is 5.32 Å². The van der Waals surface area contributed by atoms with Gasteiger partial charge < -0.3 is 10.4 Å². The summed E-state index contributed by atoms with van der Waals surface area (Å²) in [6.45, 7) is 3.92. The first-order valence-corrected chi connectivity index (χ1v) is 9.09. The summed E-state index contributed by atoms with van der Waals surface area (Å²) >= 11 is 0. The molecule has 0 aliphatic heterocycles. The summed E-state index contributed by atoms with van der Waals surface area (Å²) in [6, 6.07) is 14.1. The third-order valence-electron chi connectivity index (χ3n) is 4.54. The van der Waals surface area contributed by atoms with Gasteiger partial charge in [0.25, 0.3) is 0 Å². The van der Waals surface area contributed by atoms with Gasteiger partial charge in [0, 0.05) is 18.4 Å². The summed E-state index contributed by atoms with van der Waals surface area (Å²) in [6.07, 6.45) is 0.811. The van der Waals surface area contributed by atoms with Gasteiger partial charge in [0.2, 0.25) is 5.91 Å². The third-order valence-corrected chi connectivity index (χ3v) is 4.54. The highest BCUT2D eigenvalue weighted by Gasteiger charge is 2.20. The minimum atomic E-state index is -0.990. The molecule has 0 bridgehead atoms. The number of carbonyl (C=O) groups excluding carboxylic acids is 2. The lowest BCUT2D eigenvalue weighted by Gasteiger charge is -2.19. The molecular formula is C22H25NO4. The predicted octanol–water partition coefficient (Wildman–Crippen LogP) is 3.85. The average molecular weight is 367 g/mol. The van der Waals surface area contributed by atoms with Crippen LogP contribution in [0, 0.1) is 6.92 Å². The Morgan fingerprint density at radius 2 is 1.67 bits per heavy atom. The number of carboxylic acids is 1. The van der Waals surface area contributed by atoms with E-state index >= 15 is 0 Å². The number of nitrogens with one attached hydrogen (secondary N) is 1. The Labute approximate surface area is 159 Å². The minimum Gasteiger partial charge on any atom is -0.481 e. The summed E-state index contributed by atoms with van der Waals surface area (Å²) in [4.78, 5) is 35.7. The van der Waals surface area contributed by atoms with Gasteiger partial charge in [-0.25, -0.2) is 0 Å². The minimum absolute atomic E-state index is 0.0242. The van der Waals surface area contributed by atoms with Crippen LogP contribution in [-0.2, 0) is 16.0 Å². The molecule has 27 heavy (non-hydrogen) atoms. The monoisotopic (exact) mass is 367 g/mol. The number of aliphatic carboxylic acids is 1. The van der Waals surface area contributed by atoms with Crippen LogP contribution in [0.1, 0.15) is 59.3 Å². The highest BCUT2D eigenvalue weighted by atomic mass is 16.4. The zero-order valence-corrected chi connectivity index (χ0v) is 15.7. The molecule has 0 saturated heterocycles. The highest BCUT2D eigenvalue weighted by Crippen LogP contribution is 2.21. The molecule has 0 radical (unpaired) electrons. The van der Waals surface area contributed by atoms with Crippen LogP contribution in [0.4, 0.5) is 0 Å². The van der Waals surface area contributed by atoms with E-state index in [1.165, 1.54) is 0 Å². The fourth-order valence-electron chi connectivity index (χ4n) is 2.96. The van der Waals surface area contributed by atoms with Crippen LogP contribution in [-0.4, -0.2) is 22.8 Å². The topological polar surface area (TPSA) is 83.5 Å². The van der Waals surface area contributed by atoms with Crippen molar-refractivity contribution in [1.29, 1.82) is 0 Å². The molecule has 1 atom stereocenters. The molecule has 2 rings (SSSR count). The lowest BCUT2D eigenvalue weighted by atomic mass is 9.98. The number of benzene rings is 2. The van der Waals surface area contributed by atoms with Gasteiger partial charge in [0.05, 0.1) is 12.5 Å². The maximum Gasteiger partial charge on any atom is 0.305 e. The molecule has 0 spiro atoms. The molecule has 0 fully saturated rings. The van der Waals surface area contributed by atoms with Gasteiger partial charge in [-0.1, -0.05) is 55.5 Å². The van der Waals surface area contributed by atoms with Crippen LogP contribution in [0.3, 0.4) is 0 Å². The van der Waals surface area contributed by atoms with Crippen molar-refractivity contribution in [1.82, 2.24) is 5.32 Å². The zero-order valence-electron chi connectivity index (χ0n) is 15.7. The largest absolute Gasteiger partial charge is 0.481 e. The maximum absolute atomic E-state index is 12.3. The van der Waals surface area contributed by atoms with E-state index in [0.717, 1.165) is 23.1 Å². The van der Waals surface area contributed by atoms with E-state index in [0.29, 0.717) is 5.56 Å². The van der Waals surface area contributed by atoms with Crippen molar-refractivity contribution >= 4 is 17.7 Å². The summed E-state index contributed by atoms with van der Waals surface area (Å²) in [5.41, 5.74) is 3.42. The van der Waals surface area contributed by atoms with E-state index in [1.807, 2.05) is 50.2 Å². The quantitative estimate of drug-likeness (QED) is 0.659. The number of Topliss-reactive ketones (excluding diaryl/α,β-unsaturated/α-hetero) is 1. The summed E-state index contributed by atoms with van der Waals surface area (Å²) in [5.74, 6) is -1.42. The number of rotatable bonds is 9. The van der Waals surface area contributed by atoms with E-state index in [1.54, 1.807) is 12.1 Å². The second kappa shape index (κ2) is 9.67. The molecule has 0 aliphatic rings. The molecule has 0 aromatic heterocycles. The van der Waals surface area contributed by atoms with Crippen molar-refractivity contribution in [3.63, 3.8) is 0 Å². The fraction of sp³-hybridized carbons (Fsp3) is 0.318. The Balaban J connectivity index is 1.97. The highest BCUT2D eigenvalue weighted by molar-refractivity contribution is 5.98. The Kier molecular flexibility index (Phi) is 7.29. The number of ketones is 1. The van der Waals surface area contributed by atoms with Crippen molar-refractivity contribution in [2.75, 3.05) is 0 Å². The Bertz CT molecular complexity index is 811. The van der Waals surface area contributed by atoms with Crippen LogP contribution in [0.15, 0.2) is 48.5 Å². The molecule has 1 amide bonds. The third kappa shape index (κ3) is 6.06. The first-order chi connectivity index (χ1) is 12.9. The van der Waals surface area contributed by atoms with E-state index in [9.17, 15) is 14.4 Å². The van der Waals surface area contributed by atoms with Crippen molar-refractivity contribution in [3.8, 4) is 0 Å². The van der Waals surface area contributed by atoms with Crippen molar-refractivity contribution in [2.45, 2.75) is 45.6 Å². The second-order valence-electron chi connectivity index (χ2n) is 6.55. The summed E-state index contributed by atoms with van der Waals surface area (Å²) in [7, 11) is 0. The van der Waals surface area contributed by atoms with E-state index in [-0.39, 0.29) is 31.0 Å². The summed E-state index contributed by atoms with van der Waals surface area (Å²) < 4.78 is 0. The molecule has 1 unspecified atom stereocenters. The number of hydrogen-bond acceptors (Lipinski definition) is 3. The second-order valence-corrected chi connectivity index (χ2v) is 6.55. The van der Waals surface area contributed by atoms with Crippen LogP contribution in [0.25, 0.3) is 0 Å². The number of carbonyl (C=O) groups is 3. The van der Waals surface area contributed by atoms with Crippen LogP contribution in [0.2, 0.25) is 0 Å². The normalized spacial score (nSPS) is 11.6. The SMILES string of the molecule is CCc1ccc(C(=O)CCC(=O)NC(CC(=O)O)c2ccccc2C)cc1. The first kappa shape index (κ1) is 20.4. The number of hydrogen-bond donors (Lipinski definition) is 2. The van der Waals surface area contributed by atoms with Gasteiger partial charge in [-0.15, -0.1) is 0 Å². The molecule has 2 N–H and O–H groups in total. The number of carboxylic acid groups (broad SMARTS) is 1. The van der Waals surface area contributed by atoms with Crippen LogP contribution >= 0.6 is 0 Å². The van der Waals surface area contributed by atoms with Gasteiger partial charge in [-0.2, -0.15) is 0 Å². The van der Waals surface area contributed by atoms with Gasteiger partial charge in [0.15, 0.2) is 5.78 Å². The van der Waals surface area contributed by atoms with E-state index in [4.69, 9.17) is 5.11 Å². The summed E-state index contributed by atoms with van der Waals surface area (Å²) in [5, 5.41) is 11.9. The zero-order chi connectivity index (χ0) is 19.8. The lowest BCUT2D eigenvalue weighted by Crippen LogP contribution is -2.30. The molecule has 5 nitrogen and oxygen atoms in total. The fourth-order valence-corrected chi connectivity index (χ4v) is 2.96. The van der Waals surface area contributed by atoms with Crippen molar-refractivity contribution in [2.24, 2.45) is 0 Å². The molecule has 2 aromatic carbocycles. The maximum atomic E-state index is 12.3. The Morgan fingerprint density at radius 1 is 1.00 bits per heavy atom. The van der Waals surface area contributed by atoms with Crippen molar-refractivity contribution in [3.05, 3.63) is 70.8 Å². The molecule has 0 saturated carbocycles. The van der Waals surface area contributed by atoms with Crippen LogP contribution in [0.5, 0.6) is 0 Å². The van der Waals surface area contributed by atoms with Crippen molar-refractivity contribution < 1.29 is 19.5 Å². The molecule has 142 valence electrons. The molecular weight excluding hydrogens is 342 g/mol. The van der Waals surface area contributed by atoms with Gasteiger partial charge in [-0.05, 0) is 30.0 Å². The molecule has 0 aliphatic carbocycles. The number of amides is 1.